The lowest BCUT2D eigenvalue weighted by atomic mass is 10.1. The molecule has 5 nitrogen and oxygen atoms in total. The summed E-state index contributed by atoms with van der Waals surface area (Å²) in [4.78, 5) is 0.237. The zero-order valence-electron chi connectivity index (χ0n) is 12.9. The van der Waals surface area contributed by atoms with Crippen molar-refractivity contribution in [3.8, 4) is 0 Å². The van der Waals surface area contributed by atoms with E-state index in [4.69, 9.17) is 10.5 Å². The molecule has 0 saturated carbocycles. The van der Waals surface area contributed by atoms with E-state index >= 15 is 0 Å². The molecule has 0 radical (unpaired) electrons. The van der Waals surface area contributed by atoms with E-state index in [1.807, 2.05) is 19.9 Å². The van der Waals surface area contributed by atoms with Crippen molar-refractivity contribution in [1.82, 2.24) is 4.72 Å². The van der Waals surface area contributed by atoms with E-state index in [0.29, 0.717) is 30.2 Å². The Morgan fingerprint density at radius 1 is 1.14 bits per heavy atom. The van der Waals surface area contributed by atoms with E-state index in [1.54, 1.807) is 30.3 Å². The Kier molecular flexibility index (Phi) is 5.39. The Labute approximate surface area is 131 Å². The van der Waals surface area contributed by atoms with Crippen LogP contribution in [0, 0.1) is 5.92 Å². The summed E-state index contributed by atoms with van der Waals surface area (Å²) in [5, 5.41) is 1.36. The van der Waals surface area contributed by atoms with E-state index in [1.165, 1.54) is 0 Å². The molecule has 0 spiro atoms. The summed E-state index contributed by atoms with van der Waals surface area (Å²) in [6, 6.07) is 10.4. The molecule has 0 bridgehead atoms. The van der Waals surface area contributed by atoms with Gasteiger partial charge in [0.25, 0.3) is 0 Å². The molecule has 0 atom stereocenters. The van der Waals surface area contributed by atoms with Crippen molar-refractivity contribution < 1.29 is 13.2 Å². The minimum atomic E-state index is -3.59. The molecule has 2 aromatic carbocycles. The number of nitrogens with one attached hydrogen (secondary N) is 1. The monoisotopic (exact) mass is 322 g/mol. The van der Waals surface area contributed by atoms with Gasteiger partial charge >= 0.3 is 0 Å². The molecule has 0 saturated heterocycles. The number of hydrogen-bond acceptors (Lipinski definition) is 4. The van der Waals surface area contributed by atoms with Crippen LogP contribution in [0.15, 0.2) is 41.3 Å². The minimum absolute atomic E-state index is 0.237. The van der Waals surface area contributed by atoms with E-state index in [-0.39, 0.29) is 11.4 Å². The first-order valence-electron chi connectivity index (χ1n) is 7.26. The first-order chi connectivity index (χ1) is 10.4. The Morgan fingerprint density at radius 2 is 1.82 bits per heavy atom. The maximum Gasteiger partial charge on any atom is 0.241 e. The minimum Gasteiger partial charge on any atom is -0.398 e. The molecule has 0 aliphatic heterocycles. The van der Waals surface area contributed by atoms with Crippen molar-refractivity contribution in [3.63, 3.8) is 0 Å². The largest absolute Gasteiger partial charge is 0.398 e. The van der Waals surface area contributed by atoms with E-state index in [0.717, 1.165) is 5.39 Å². The summed E-state index contributed by atoms with van der Waals surface area (Å²) in [6.45, 7) is 5.31. The maximum atomic E-state index is 12.4. The second kappa shape index (κ2) is 7.09. The fourth-order valence-corrected chi connectivity index (χ4v) is 3.42. The number of ether oxygens (including phenoxy) is 1. The van der Waals surface area contributed by atoms with Gasteiger partial charge in [-0.3, -0.25) is 0 Å². The molecular weight excluding hydrogens is 300 g/mol. The number of sulfonamides is 1. The van der Waals surface area contributed by atoms with Gasteiger partial charge in [0, 0.05) is 29.6 Å². The zero-order chi connectivity index (χ0) is 16.2. The predicted molar refractivity (Wildman–Crippen MR) is 89.2 cm³/mol. The first kappa shape index (κ1) is 16.7. The van der Waals surface area contributed by atoms with E-state index < -0.39 is 10.0 Å². The van der Waals surface area contributed by atoms with Crippen molar-refractivity contribution >= 4 is 26.5 Å². The summed E-state index contributed by atoms with van der Waals surface area (Å²) in [6.07, 6.45) is 0. The van der Waals surface area contributed by atoms with Gasteiger partial charge in [0.15, 0.2) is 0 Å². The van der Waals surface area contributed by atoms with Crippen LogP contribution in [0.5, 0.6) is 0 Å². The van der Waals surface area contributed by atoms with Crippen LogP contribution in [0.25, 0.3) is 10.8 Å². The highest BCUT2D eigenvalue weighted by molar-refractivity contribution is 7.89. The quantitative estimate of drug-likeness (QED) is 0.606. The molecule has 6 heteroatoms. The molecule has 22 heavy (non-hydrogen) atoms. The summed E-state index contributed by atoms with van der Waals surface area (Å²) in [5.74, 6) is 0.428. The summed E-state index contributed by atoms with van der Waals surface area (Å²) < 4.78 is 32.8. The summed E-state index contributed by atoms with van der Waals surface area (Å²) in [5.41, 5.74) is 6.47. The predicted octanol–water partition coefficient (Wildman–Crippen LogP) is 2.37. The topological polar surface area (TPSA) is 81.4 Å². The van der Waals surface area contributed by atoms with Crippen molar-refractivity contribution in [2.75, 3.05) is 25.5 Å². The van der Waals surface area contributed by atoms with Crippen molar-refractivity contribution in [3.05, 3.63) is 36.4 Å². The molecule has 0 heterocycles. The molecule has 2 rings (SSSR count). The molecular formula is C16H22N2O3S. The molecule has 2 aromatic rings. The van der Waals surface area contributed by atoms with Crippen LogP contribution in [0.2, 0.25) is 0 Å². The second-order valence-electron chi connectivity index (χ2n) is 5.57. The van der Waals surface area contributed by atoms with Gasteiger partial charge < -0.3 is 10.5 Å². The molecule has 0 amide bonds. The Balaban J connectivity index is 2.15. The molecule has 0 aliphatic rings. The fourth-order valence-electron chi connectivity index (χ4n) is 2.18. The van der Waals surface area contributed by atoms with Crippen molar-refractivity contribution in [2.24, 2.45) is 5.92 Å². The van der Waals surface area contributed by atoms with Gasteiger partial charge in [0.1, 0.15) is 0 Å². The molecule has 3 N–H and O–H groups in total. The molecule has 0 aromatic heterocycles. The third-order valence-electron chi connectivity index (χ3n) is 3.19. The van der Waals surface area contributed by atoms with Crippen LogP contribution in [0.1, 0.15) is 13.8 Å². The Bertz CT molecular complexity index is 742. The molecule has 0 fully saturated rings. The highest BCUT2D eigenvalue weighted by Gasteiger charge is 2.17. The van der Waals surface area contributed by atoms with Gasteiger partial charge in [-0.15, -0.1) is 0 Å². The summed E-state index contributed by atoms with van der Waals surface area (Å²) in [7, 11) is -3.59. The van der Waals surface area contributed by atoms with Crippen LogP contribution in [-0.4, -0.2) is 28.2 Å². The number of anilines is 1. The highest BCUT2D eigenvalue weighted by atomic mass is 32.2. The number of hydrogen-bond donors (Lipinski definition) is 2. The average molecular weight is 322 g/mol. The normalized spacial score (nSPS) is 12.1. The number of nitrogens with two attached hydrogens (primary N) is 1. The van der Waals surface area contributed by atoms with Crippen LogP contribution < -0.4 is 10.5 Å². The SMILES string of the molecule is CC(C)COCCNS(=O)(=O)c1cccc2c(N)cccc12. The number of rotatable bonds is 7. The standard InChI is InChI=1S/C16H22N2O3S/c1-12(2)11-21-10-9-18-22(19,20)16-8-4-5-13-14(16)6-3-7-15(13)17/h3-8,12,18H,9-11,17H2,1-2H3. The highest BCUT2D eigenvalue weighted by Crippen LogP contribution is 2.26. The third-order valence-corrected chi connectivity index (χ3v) is 4.71. The van der Waals surface area contributed by atoms with Gasteiger partial charge in [0.05, 0.1) is 11.5 Å². The number of benzene rings is 2. The Hall–Kier alpha value is -1.63. The third kappa shape index (κ3) is 3.97. The average Bonchev–Trinajstić information content (AvgIpc) is 2.46. The van der Waals surface area contributed by atoms with Gasteiger partial charge in [-0.25, -0.2) is 13.1 Å². The van der Waals surface area contributed by atoms with E-state index in [2.05, 4.69) is 4.72 Å². The van der Waals surface area contributed by atoms with Crippen LogP contribution in [0.3, 0.4) is 0 Å². The van der Waals surface area contributed by atoms with Gasteiger partial charge in [0.2, 0.25) is 10.0 Å². The van der Waals surface area contributed by atoms with Crippen LogP contribution in [0.4, 0.5) is 5.69 Å². The zero-order valence-corrected chi connectivity index (χ0v) is 13.7. The number of fused-ring (bicyclic) bond motifs is 1. The lowest BCUT2D eigenvalue weighted by Gasteiger charge is -2.11. The first-order valence-corrected chi connectivity index (χ1v) is 8.75. The van der Waals surface area contributed by atoms with Gasteiger partial charge in [-0.2, -0.15) is 0 Å². The van der Waals surface area contributed by atoms with E-state index in [9.17, 15) is 8.42 Å². The lowest BCUT2D eigenvalue weighted by Crippen LogP contribution is -2.28. The van der Waals surface area contributed by atoms with Crippen molar-refractivity contribution in [1.29, 1.82) is 0 Å². The smallest absolute Gasteiger partial charge is 0.241 e. The fraction of sp³-hybridized carbons (Fsp3) is 0.375. The maximum absolute atomic E-state index is 12.4. The summed E-state index contributed by atoms with van der Waals surface area (Å²) >= 11 is 0. The van der Waals surface area contributed by atoms with Crippen LogP contribution >= 0.6 is 0 Å². The molecule has 120 valence electrons. The van der Waals surface area contributed by atoms with Gasteiger partial charge in [-0.05, 0) is 18.1 Å². The molecule has 0 aliphatic carbocycles. The Morgan fingerprint density at radius 3 is 2.55 bits per heavy atom. The molecule has 0 unspecified atom stereocenters. The number of nitrogen functional groups attached to an aromatic ring is 1. The lowest BCUT2D eigenvalue weighted by molar-refractivity contribution is 0.114. The van der Waals surface area contributed by atoms with Crippen molar-refractivity contribution in [2.45, 2.75) is 18.7 Å². The van der Waals surface area contributed by atoms with Crippen LogP contribution in [-0.2, 0) is 14.8 Å². The second-order valence-corrected chi connectivity index (χ2v) is 7.30. The van der Waals surface area contributed by atoms with Gasteiger partial charge in [-0.1, -0.05) is 38.1 Å².